The van der Waals surface area contributed by atoms with Gasteiger partial charge in [-0.1, -0.05) is 42.5 Å². The highest BCUT2D eigenvalue weighted by Gasteiger charge is 2.35. The first-order valence-electron chi connectivity index (χ1n) is 6.91. The van der Waals surface area contributed by atoms with E-state index >= 15 is 0 Å². The highest BCUT2D eigenvalue weighted by atomic mass is 16.6. The number of aliphatic hydroxyl groups is 1. The average Bonchev–Trinajstić information content (AvgIpc) is 2.60. The predicted octanol–water partition coefficient (Wildman–Crippen LogP) is 3.60. The molecule has 0 aromatic heterocycles. The molecule has 0 radical (unpaired) electrons. The number of hydrogen-bond acceptors (Lipinski definition) is 6. The van der Waals surface area contributed by atoms with Crippen LogP contribution in [0.25, 0.3) is 4.98 Å². The standard InChI is InChI=1S/C16H13N3O5/c17-18-15(19(21)22)16(20)24-11-13-6-8-14(9-7-13)23-10-12-4-2-1-3-5-12/h1-9H,10-11H2/p+1/b16-15+. The highest BCUT2D eigenvalue weighted by Crippen LogP contribution is 2.16. The van der Waals surface area contributed by atoms with Crippen LogP contribution >= 0.6 is 0 Å². The monoisotopic (exact) mass is 328 g/mol. The van der Waals surface area contributed by atoms with Crippen molar-refractivity contribution in [3.05, 3.63) is 92.6 Å². The van der Waals surface area contributed by atoms with E-state index < -0.39 is 16.7 Å². The Hall–Kier alpha value is -3.60. The summed E-state index contributed by atoms with van der Waals surface area (Å²) in [7, 11) is 0. The van der Waals surface area contributed by atoms with Crippen molar-refractivity contribution in [2.75, 3.05) is 0 Å². The first-order chi connectivity index (χ1) is 11.6. The highest BCUT2D eigenvalue weighted by molar-refractivity contribution is 5.27. The van der Waals surface area contributed by atoms with Crippen LogP contribution in [0.3, 0.4) is 0 Å². The van der Waals surface area contributed by atoms with Crippen molar-refractivity contribution < 1.29 is 19.5 Å². The molecule has 1 N–H and O–H groups in total. The minimum Gasteiger partial charge on any atom is -0.489 e. The fourth-order valence-electron chi connectivity index (χ4n) is 1.80. The maximum Gasteiger partial charge on any atom is 0.747 e. The zero-order valence-corrected chi connectivity index (χ0v) is 12.5. The van der Waals surface area contributed by atoms with Crippen molar-refractivity contribution in [2.45, 2.75) is 13.2 Å². The Bertz CT molecular complexity index is 767. The molecule has 0 aliphatic carbocycles. The Balaban J connectivity index is 1.90. The Labute approximate surface area is 137 Å². The second-order valence-corrected chi connectivity index (χ2v) is 4.69. The summed E-state index contributed by atoms with van der Waals surface area (Å²) in [6.07, 6.45) is 0. The molecule has 8 nitrogen and oxygen atoms in total. The Morgan fingerprint density at radius 2 is 1.71 bits per heavy atom. The lowest BCUT2D eigenvalue weighted by Crippen LogP contribution is -2.03. The molecule has 0 atom stereocenters. The molecule has 8 heteroatoms. The minimum atomic E-state index is -1.15. The third-order valence-electron chi connectivity index (χ3n) is 3.01. The van der Waals surface area contributed by atoms with Crippen LogP contribution in [0.15, 0.2) is 66.4 Å². The van der Waals surface area contributed by atoms with Crippen molar-refractivity contribution in [3.8, 4) is 5.75 Å². The van der Waals surface area contributed by atoms with Crippen LogP contribution in [0.1, 0.15) is 11.1 Å². The van der Waals surface area contributed by atoms with E-state index in [2.05, 4.69) is 4.98 Å². The van der Waals surface area contributed by atoms with E-state index in [0.717, 1.165) is 5.56 Å². The van der Waals surface area contributed by atoms with Gasteiger partial charge in [0, 0.05) is 0 Å². The maximum absolute atomic E-state index is 10.5. The quantitative estimate of drug-likeness (QED) is 0.360. The van der Waals surface area contributed by atoms with Gasteiger partial charge in [-0.25, -0.2) is 0 Å². The summed E-state index contributed by atoms with van der Waals surface area (Å²) in [5, 5.41) is 28.2. The molecule has 0 heterocycles. The number of nitrogens with zero attached hydrogens (tertiary/aromatic N) is 3. The second kappa shape index (κ2) is 8.14. The number of diazo groups is 1. The van der Waals surface area contributed by atoms with Gasteiger partial charge in [0.2, 0.25) is 5.39 Å². The predicted molar refractivity (Wildman–Crippen MR) is 83.7 cm³/mol. The molecule has 2 aromatic carbocycles. The van der Waals surface area contributed by atoms with Gasteiger partial charge in [0.05, 0.1) is 0 Å². The third kappa shape index (κ3) is 4.71. The second-order valence-electron chi connectivity index (χ2n) is 4.69. The van der Waals surface area contributed by atoms with Crippen LogP contribution in [0, 0.1) is 15.5 Å². The van der Waals surface area contributed by atoms with Gasteiger partial charge in [-0.15, -0.1) is 0 Å². The zero-order chi connectivity index (χ0) is 17.4. The SMILES string of the molecule is N#[N+]/C(=C(/O)OCc1ccc(OCc2ccccc2)cc1)[N+](=O)[O-]. The van der Waals surface area contributed by atoms with E-state index in [1.807, 2.05) is 30.3 Å². The van der Waals surface area contributed by atoms with E-state index in [0.29, 0.717) is 17.9 Å². The molecular weight excluding hydrogens is 314 g/mol. The first-order valence-corrected chi connectivity index (χ1v) is 6.91. The molecule has 0 saturated heterocycles. The largest absolute Gasteiger partial charge is 0.747 e. The summed E-state index contributed by atoms with van der Waals surface area (Å²) >= 11 is 0. The van der Waals surface area contributed by atoms with Gasteiger partial charge >= 0.3 is 11.8 Å². The van der Waals surface area contributed by atoms with Gasteiger partial charge in [0.15, 0.2) is 4.92 Å². The molecule has 122 valence electrons. The van der Waals surface area contributed by atoms with Crippen LogP contribution in [0.5, 0.6) is 5.75 Å². The summed E-state index contributed by atoms with van der Waals surface area (Å²) in [5.74, 6) is -1.57. The van der Waals surface area contributed by atoms with Crippen LogP contribution in [0.2, 0.25) is 0 Å². The number of ether oxygens (including phenoxy) is 2. The number of aliphatic hydroxyl groups excluding tert-OH is 1. The van der Waals surface area contributed by atoms with Gasteiger partial charge in [-0.05, 0) is 23.3 Å². The molecule has 0 unspecified atom stereocenters. The van der Waals surface area contributed by atoms with Crippen molar-refractivity contribution >= 4 is 0 Å². The fraction of sp³-hybridized carbons (Fsp3) is 0.125. The topological polar surface area (TPSA) is 110 Å². The molecule has 0 saturated carbocycles. The van der Waals surface area contributed by atoms with E-state index in [1.165, 1.54) is 0 Å². The number of benzene rings is 2. The lowest BCUT2D eigenvalue weighted by molar-refractivity contribution is -0.425. The van der Waals surface area contributed by atoms with Gasteiger partial charge < -0.3 is 14.6 Å². The molecule has 0 bridgehead atoms. The molecule has 0 fully saturated rings. The van der Waals surface area contributed by atoms with Crippen LogP contribution < -0.4 is 4.74 Å². The molecule has 0 spiro atoms. The zero-order valence-electron chi connectivity index (χ0n) is 12.5. The van der Waals surface area contributed by atoms with Gasteiger partial charge in [0.25, 0.3) is 4.98 Å². The normalized spacial score (nSPS) is 11.1. The number of nitro groups is 1. The molecule has 24 heavy (non-hydrogen) atoms. The summed E-state index contributed by atoms with van der Waals surface area (Å²) in [6.45, 7) is 0.308. The maximum atomic E-state index is 10.5. The lowest BCUT2D eigenvalue weighted by Gasteiger charge is -2.07. The van der Waals surface area contributed by atoms with Gasteiger partial charge in [-0.2, -0.15) is 0 Å². The van der Waals surface area contributed by atoms with Crippen LogP contribution in [-0.4, -0.2) is 10.0 Å². The number of rotatable bonds is 7. The summed E-state index contributed by atoms with van der Waals surface area (Å²) in [4.78, 5) is 11.7. The van der Waals surface area contributed by atoms with E-state index in [-0.39, 0.29) is 6.61 Å². The molecular formula is C16H14N3O5+. The Morgan fingerprint density at radius 1 is 1.08 bits per heavy atom. The number of hydrogen-bond donors (Lipinski definition) is 1. The van der Waals surface area contributed by atoms with Crippen LogP contribution in [0.4, 0.5) is 0 Å². The fourth-order valence-corrected chi connectivity index (χ4v) is 1.80. The van der Waals surface area contributed by atoms with E-state index in [4.69, 9.17) is 14.9 Å². The van der Waals surface area contributed by atoms with Crippen molar-refractivity contribution in [1.29, 1.82) is 5.39 Å². The smallest absolute Gasteiger partial charge is 0.489 e. The van der Waals surface area contributed by atoms with E-state index in [9.17, 15) is 15.2 Å². The molecule has 2 rings (SSSR count). The Morgan fingerprint density at radius 3 is 2.29 bits per heavy atom. The van der Waals surface area contributed by atoms with Gasteiger partial charge in [-0.3, -0.25) is 10.1 Å². The summed E-state index contributed by atoms with van der Waals surface area (Å²) in [5.41, 5.74) is 1.69. The molecule has 0 amide bonds. The summed E-state index contributed by atoms with van der Waals surface area (Å²) in [6, 6.07) is 16.5. The van der Waals surface area contributed by atoms with E-state index in [1.54, 1.807) is 24.3 Å². The average molecular weight is 328 g/mol. The molecule has 0 aliphatic heterocycles. The Kier molecular flexibility index (Phi) is 5.69. The summed E-state index contributed by atoms with van der Waals surface area (Å²) < 4.78 is 10.4. The van der Waals surface area contributed by atoms with Gasteiger partial charge in [0.1, 0.15) is 19.0 Å². The minimum absolute atomic E-state index is 0.127. The molecule has 2 aromatic rings. The van der Waals surface area contributed by atoms with Crippen molar-refractivity contribution in [2.24, 2.45) is 0 Å². The lowest BCUT2D eigenvalue weighted by atomic mass is 10.2. The molecule has 0 aliphatic rings. The first kappa shape index (κ1) is 16.8. The van der Waals surface area contributed by atoms with Crippen LogP contribution in [-0.2, 0) is 18.0 Å². The van der Waals surface area contributed by atoms with Crippen molar-refractivity contribution in [1.82, 2.24) is 0 Å². The van der Waals surface area contributed by atoms with Crippen molar-refractivity contribution in [3.63, 3.8) is 0 Å². The third-order valence-corrected chi connectivity index (χ3v) is 3.01.